The number of benzene rings is 2. The molecule has 0 unspecified atom stereocenters. The van der Waals surface area contributed by atoms with Crippen molar-refractivity contribution < 1.29 is 14.3 Å². The molecule has 1 N–H and O–H groups in total. The third-order valence-corrected chi connectivity index (χ3v) is 3.92. The fourth-order valence-electron chi connectivity index (χ4n) is 2.51. The number of methoxy groups -OCH3 is 1. The van der Waals surface area contributed by atoms with Gasteiger partial charge in [0, 0.05) is 19.2 Å². The van der Waals surface area contributed by atoms with E-state index in [1.54, 1.807) is 31.4 Å². The van der Waals surface area contributed by atoms with Crippen LogP contribution in [0.1, 0.15) is 18.1 Å². The number of carbonyl (C=O) groups excluding carboxylic acids is 2. The van der Waals surface area contributed by atoms with Crippen LogP contribution in [0.3, 0.4) is 0 Å². The second-order valence-electron chi connectivity index (χ2n) is 5.74. The van der Waals surface area contributed by atoms with Gasteiger partial charge in [0.25, 0.3) is 0 Å². The van der Waals surface area contributed by atoms with Gasteiger partial charge in [-0.3, -0.25) is 9.59 Å². The monoisotopic (exact) mass is 351 g/mol. The summed E-state index contributed by atoms with van der Waals surface area (Å²) < 4.78 is 5.31. The fraction of sp³-hybridized carbons (Fsp3) is 0.250. The predicted octanol–water partition coefficient (Wildman–Crippen LogP) is 2.60. The number of anilines is 1. The quantitative estimate of drug-likeness (QED) is 0.831. The molecule has 2 rings (SSSR count). The summed E-state index contributed by atoms with van der Waals surface area (Å²) in [7, 11) is 1.60. The molecule has 0 saturated heterocycles. The zero-order chi connectivity index (χ0) is 18.9. The molecular formula is C20H21N3O3. The molecular weight excluding hydrogens is 330 g/mol. The second-order valence-corrected chi connectivity index (χ2v) is 5.74. The molecule has 2 amide bonds. The van der Waals surface area contributed by atoms with Crippen LogP contribution in [-0.4, -0.2) is 36.9 Å². The van der Waals surface area contributed by atoms with Gasteiger partial charge in [0.05, 0.1) is 25.3 Å². The molecule has 6 nitrogen and oxygen atoms in total. The van der Waals surface area contributed by atoms with E-state index in [1.807, 2.05) is 30.3 Å². The predicted molar refractivity (Wildman–Crippen MR) is 98.7 cm³/mol. The van der Waals surface area contributed by atoms with Crippen molar-refractivity contribution >= 4 is 17.5 Å². The first-order chi connectivity index (χ1) is 12.5. The van der Waals surface area contributed by atoms with Crippen molar-refractivity contribution in [3.63, 3.8) is 0 Å². The molecule has 0 radical (unpaired) electrons. The van der Waals surface area contributed by atoms with Gasteiger partial charge in [0.15, 0.2) is 0 Å². The van der Waals surface area contributed by atoms with Crippen LogP contribution in [0.25, 0.3) is 0 Å². The summed E-state index contributed by atoms with van der Waals surface area (Å²) in [5.74, 6) is 0.304. The summed E-state index contributed by atoms with van der Waals surface area (Å²) in [5, 5.41) is 11.5. The minimum absolute atomic E-state index is 0.0372. The number of rotatable bonds is 7. The van der Waals surface area contributed by atoms with Gasteiger partial charge in [0.1, 0.15) is 5.75 Å². The first-order valence-corrected chi connectivity index (χ1v) is 8.21. The van der Waals surface area contributed by atoms with Crippen LogP contribution in [-0.2, 0) is 16.0 Å². The van der Waals surface area contributed by atoms with Crippen LogP contribution >= 0.6 is 0 Å². The van der Waals surface area contributed by atoms with Crippen molar-refractivity contribution in [1.82, 2.24) is 4.90 Å². The van der Waals surface area contributed by atoms with Crippen molar-refractivity contribution in [2.45, 2.75) is 13.3 Å². The maximum absolute atomic E-state index is 12.2. The lowest BCUT2D eigenvalue weighted by Crippen LogP contribution is -2.38. The molecule has 2 aromatic rings. The maximum atomic E-state index is 12.2. The molecule has 0 spiro atoms. The van der Waals surface area contributed by atoms with E-state index in [0.717, 1.165) is 11.3 Å². The van der Waals surface area contributed by atoms with E-state index in [4.69, 9.17) is 10.00 Å². The number of para-hydroxylation sites is 1. The zero-order valence-electron chi connectivity index (χ0n) is 14.9. The maximum Gasteiger partial charge on any atom is 0.243 e. The average Bonchev–Trinajstić information content (AvgIpc) is 2.65. The van der Waals surface area contributed by atoms with E-state index in [0.29, 0.717) is 24.2 Å². The molecule has 0 atom stereocenters. The Hall–Kier alpha value is -3.33. The molecule has 0 saturated carbocycles. The van der Waals surface area contributed by atoms with Gasteiger partial charge in [-0.05, 0) is 42.3 Å². The van der Waals surface area contributed by atoms with Crippen LogP contribution in [0.2, 0.25) is 0 Å². The van der Waals surface area contributed by atoms with Gasteiger partial charge >= 0.3 is 0 Å². The lowest BCUT2D eigenvalue weighted by Gasteiger charge is -2.21. The number of hydrogen-bond donors (Lipinski definition) is 1. The van der Waals surface area contributed by atoms with Gasteiger partial charge in [-0.1, -0.05) is 18.2 Å². The summed E-state index contributed by atoms with van der Waals surface area (Å²) in [5.41, 5.74) is 2.08. The Balaban J connectivity index is 1.95. The SMILES string of the molecule is COc1ccccc1CCN(CC(=O)Nc1ccc(C#N)cc1)C(C)=O. The second kappa shape index (κ2) is 9.23. The number of amides is 2. The number of nitrogens with one attached hydrogen (secondary N) is 1. The molecule has 0 heterocycles. The smallest absolute Gasteiger partial charge is 0.243 e. The number of nitrogens with zero attached hydrogens (tertiary/aromatic N) is 2. The van der Waals surface area contributed by atoms with Crippen LogP contribution in [0.5, 0.6) is 5.75 Å². The average molecular weight is 351 g/mol. The van der Waals surface area contributed by atoms with Crippen molar-refractivity contribution in [2.75, 3.05) is 25.5 Å². The van der Waals surface area contributed by atoms with E-state index in [2.05, 4.69) is 5.32 Å². The van der Waals surface area contributed by atoms with Crippen molar-refractivity contribution in [1.29, 1.82) is 5.26 Å². The number of nitriles is 1. The highest BCUT2D eigenvalue weighted by molar-refractivity contribution is 5.94. The lowest BCUT2D eigenvalue weighted by molar-refractivity contribution is -0.132. The van der Waals surface area contributed by atoms with E-state index in [-0.39, 0.29) is 18.4 Å². The largest absolute Gasteiger partial charge is 0.496 e. The van der Waals surface area contributed by atoms with Crippen LogP contribution in [0.4, 0.5) is 5.69 Å². The number of hydrogen-bond acceptors (Lipinski definition) is 4. The Labute approximate surface area is 153 Å². The summed E-state index contributed by atoms with van der Waals surface area (Å²) in [6.07, 6.45) is 0.591. The van der Waals surface area contributed by atoms with Gasteiger partial charge in [-0.25, -0.2) is 0 Å². The Bertz CT molecular complexity index is 810. The van der Waals surface area contributed by atoms with Crippen LogP contribution in [0, 0.1) is 11.3 Å². The molecule has 2 aromatic carbocycles. The third-order valence-electron chi connectivity index (χ3n) is 3.92. The topological polar surface area (TPSA) is 82.4 Å². The fourth-order valence-corrected chi connectivity index (χ4v) is 2.51. The molecule has 0 aliphatic heterocycles. The van der Waals surface area contributed by atoms with Gasteiger partial charge in [0.2, 0.25) is 11.8 Å². The van der Waals surface area contributed by atoms with E-state index in [1.165, 1.54) is 11.8 Å². The minimum atomic E-state index is -0.287. The molecule has 6 heteroatoms. The van der Waals surface area contributed by atoms with Crippen molar-refractivity contribution in [3.05, 3.63) is 59.7 Å². The summed E-state index contributed by atoms with van der Waals surface area (Å²) in [4.78, 5) is 25.6. The standard InChI is InChI=1S/C20H21N3O3/c1-15(24)23(12-11-17-5-3-4-6-19(17)26-2)14-20(25)22-18-9-7-16(13-21)8-10-18/h3-10H,11-12,14H2,1-2H3,(H,22,25). The first-order valence-electron chi connectivity index (χ1n) is 8.21. The van der Waals surface area contributed by atoms with Crippen molar-refractivity contribution in [2.24, 2.45) is 0 Å². The number of carbonyl (C=O) groups is 2. The van der Waals surface area contributed by atoms with Gasteiger partial charge in [-0.15, -0.1) is 0 Å². The molecule has 0 aliphatic rings. The lowest BCUT2D eigenvalue weighted by atomic mass is 10.1. The van der Waals surface area contributed by atoms with Gasteiger partial charge < -0.3 is 15.0 Å². The molecule has 0 bridgehead atoms. The zero-order valence-corrected chi connectivity index (χ0v) is 14.9. The van der Waals surface area contributed by atoms with Crippen LogP contribution < -0.4 is 10.1 Å². The van der Waals surface area contributed by atoms with E-state index < -0.39 is 0 Å². The highest BCUT2D eigenvalue weighted by atomic mass is 16.5. The molecule has 26 heavy (non-hydrogen) atoms. The van der Waals surface area contributed by atoms with E-state index in [9.17, 15) is 9.59 Å². The minimum Gasteiger partial charge on any atom is -0.496 e. The molecule has 0 fully saturated rings. The van der Waals surface area contributed by atoms with Crippen LogP contribution in [0.15, 0.2) is 48.5 Å². The summed E-state index contributed by atoms with van der Waals surface area (Å²) in [6.45, 7) is 1.82. The van der Waals surface area contributed by atoms with Crippen molar-refractivity contribution in [3.8, 4) is 11.8 Å². The highest BCUT2D eigenvalue weighted by Crippen LogP contribution is 2.18. The normalized spacial score (nSPS) is 9.88. The number of ether oxygens (including phenoxy) is 1. The molecule has 0 aromatic heterocycles. The summed E-state index contributed by atoms with van der Waals surface area (Å²) in [6, 6.07) is 16.2. The van der Waals surface area contributed by atoms with E-state index >= 15 is 0 Å². The Morgan fingerprint density at radius 1 is 1.15 bits per heavy atom. The molecule has 134 valence electrons. The molecule has 0 aliphatic carbocycles. The van der Waals surface area contributed by atoms with Gasteiger partial charge in [-0.2, -0.15) is 5.26 Å². The summed E-state index contributed by atoms with van der Waals surface area (Å²) >= 11 is 0. The first kappa shape index (κ1) is 19.0. The third kappa shape index (κ3) is 5.35. The Morgan fingerprint density at radius 3 is 2.46 bits per heavy atom. The highest BCUT2D eigenvalue weighted by Gasteiger charge is 2.15. The Kier molecular flexibility index (Phi) is 6.75. The Morgan fingerprint density at radius 2 is 1.85 bits per heavy atom.